The lowest BCUT2D eigenvalue weighted by molar-refractivity contribution is 0.625. The van der Waals surface area contributed by atoms with Crippen molar-refractivity contribution in [3.63, 3.8) is 0 Å². The van der Waals surface area contributed by atoms with E-state index in [4.69, 9.17) is 5.26 Å². The first-order valence-electron chi connectivity index (χ1n) is 12.8. The molecule has 2 heteroatoms. The first-order chi connectivity index (χ1) is 18.6. The van der Waals surface area contributed by atoms with Gasteiger partial charge in [-0.05, 0) is 69.5 Å². The molecule has 38 heavy (non-hydrogen) atoms. The molecular formula is C36H28FN. The molecule has 0 saturated heterocycles. The normalized spacial score (nSPS) is 11.8. The van der Waals surface area contributed by atoms with Gasteiger partial charge in [-0.15, -0.1) is 0 Å². The fraction of sp³-hybridized carbons (Fsp3) is 0.0833. The fourth-order valence-corrected chi connectivity index (χ4v) is 4.64. The average Bonchev–Trinajstić information content (AvgIpc) is 2.98. The zero-order valence-electron chi connectivity index (χ0n) is 21.3. The van der Waals surface area contributed by atoms with Crippen LogP contribution in [0.4, 0.5) is 4.39 Å². The van der Waals surface area contributed by atoms with E-state index >= 15 is 0 Å². The van der Waals surface area contributed by atoms with Crippen LogP contribution in [0.3, 0.4) is 0 Å². The van der Waals surface area contributed by atoms with E-state index in [0.29, 0.717) is 17.0 Å². The molecule has 0 heterocycles. The largest absolute Gasteiger partial charge is 0.206 e. The minimum absolute atomic E-state index is 0.241. The van der Waals surface area contributed by atoms with Crippen LogP contribution in [0.2, 0.25) is 0 Å². The second kappa shape index (κ2) is 11.5. The van der Waals surface area contributed by atoms with Crippen molar-refractivity contribution in [2.24, 2.45) is 0 Å². The molecule has 0 fully saturated rings. The van der Waals surface area contributed by atoms with Crippen molar-refractivity contribution in [3.05, 3.63) is 155 Å². The standard InChI is InChI=1S/C36H28FN/c1-26(30-5-3-2-4-6-30)23-28-10-16-33(17-11-28)35-22-21-34(36(37)24-35)20-9-27-7-14-31(15-8-27)32-18-12-29(25-38)13-19-32/h2-22,24,26H,23H2,1H3/t26-/m1/s1. The van der Waals surface area contributed by atoms with Gasteiger partial charge in [0.15, 0.2) is 0 Å². The predicted molar refractivity (Wildman–Crippen MR) is 156 cm³/mol. The Balaban J connectivity index is 1.24. The van der Waals surface area contributed by atoms with E-state index in [1.54, 1.807) is 6.07 Å². The smallest absolute Gasteiger partial charge is 0.131 e. The number of hydrogen-bond acceptors (Lipinski definition) is 1. The van der Waals surface area contributed by atoms with Gasteiger partial charge >= 0.3 is 0 Å². The second-order valence-corrected chi connectivity index (χ2v) is 9.59. The minimum atomic E-state index is -0.241. The first-order valence-corrected chi connectivity index (χ1v) is 12.8. The van der Waals surface area contributed by atoms with Gasteiger partial charge in [0.25, 0.3) is 0 Å². The lowest BCUT2D eigenvalue weighted by atomic mass is 9.93. The summed E-state index contributed by atoms with van der Waals surface area (Å²) in [4.78, 5) is 0. The third-order valence-electron chi connectivity index (χ3n) is 6.91. The summed E-state index contributed by atoms with van der Waals surface area (Å²) in [5.41, 5.74) is 8.81. The third-order valence-corrected chi connectivity index (χ3v) is 6.91. The molecule has 0 saturated carbocycles. The van der Waals surface area contributed by atoms with Crippen LogP contribution in [0.25, 0.3) is 34.4 Å². The van der Waals surface area contributed by atoms with Crippen molar-refractivity contribution < 1.29 is 4.39 Å². The summed E-state index contributed by atoms with van der Waals surface area (Å²) >= 11 is 0. The van der Waals surface area contributed by atoms with E-state index in [9.17, 15) is 4.39 Å². The molecule has 5 aromatic carbocycles. The number of nitrogens with zero attached hydrogens (tertiary/aromatic N) is 1. The zero-order valence-corrected chi connectivity index (χ0v) is 21.3. The van der Waals surface area contributed by atoms with Crippen molar-refractivity contribution in [1.82, 2.24) is 0 Å². The summed E-state index contributed by atoms with van der Waals surface area (Å²) < 4.78 is 15.0. The zero-order chi connectivity index (χ0) is 26.3. The van der Waals surface area contributed by atoms with E-state index in [-0.39, 0.29) is 5.82 Å². The van der Waals surface area contributed by atoms with Crippen molar-refractivity contribution in [1.29, 1.82) is 5.26 Å². The van der Waals surface area contributed by atoms with Crippen LogP contribution in [-0.2, 0) is 6.42 Å². The lowest BCUT2D eigenvalue weighted by Crippen LogP contribution is -1.98. The van der Waals surface area contributed by atoms with Gasteiger partial charge in [0, 0.05) is 5.56 Å². The Labute approximate surface area is 224 Å². The predicted octanol–water partition coefficient (Wildman–Crippen LogP) is 9.55. The summed E-state index contributed by atoms with van der Waals surface area (Å²) in [6, 6.07) is 42.1. The summed E-state index contributed by atoms with van der Waals surface area (Å²) in [6.45, 7) is 2.24. The Hall–Kier alpha value is -4.74. The van der Waals surface area contributed by atoms with Crippen LogP contribution in [-0.4, -0.2) is 0 Å². The Morgan fingerprint density at radius 3 is 1.89 bits per heavy atom. The molecule has 1 atom stereocenters. The molecule has 0 aromatic heterocycles. The SMILES string of the molecule is C[C@H](Cc1ccc(-c2ccc(C=Cc3ccc(-c4ccc(C#N)cc4)cc3)c(F)c2)cc1)c1ccccc1. The minimum Gasteiger partial charge on any atom is -0.206 e. The molecule has 0 aliphatic carbocycles. The van der Waals surface area contributed by atoms with E-state index in [2.05, 4.69) is 61.5 Å². The van der Waals surface area contributed by atoms with E-state index in [0.717, 1.165) is 34.2 Å². The van der Waals surface area contributed by atoms with Crippen molar-refractivity contribution >= 4 is 12.2 Å². The van der Waals surface area contributed by atoms with Crippen molar-refractivity contribution in [3.8, 4) is 28.3 Å². The monoisotopic (exact) mass is 493 g/mol. The van der Waals surface area contributed by atoms with Gasteiger partial charge in [0.05, 0.1) is 11.6 Å². The lowest BCUT2D eigenvalue weighted by Gasteiger charge is -2.12. The molecule has 1 nitrogen and oxygen atoms in total. The maximum atomic E-state index is 15.0. The quantitative estimate of drug-likeness (QED) is 0.207. The Morgan fingerprint density at radius 1 is 0.684 bits per heavy atom. The fourth-order valence-electron chi connectivity index (χ4n) is 4.64. The Bertz CT molecular complexity index is 1570. The van der Waals surface area contributed by atoms with Crippen LogP contribution >= 0.6 is 0 Å². The van der Waals surface area contributed by atoms with Crippen molar-refractivity contribution in [2.75, 3.05) is 0 Å². The van der Waals surface area contributed by atoms with E-state index in [1.165, 1.54) is 11.1 Å². The van der Waals surface area contributed by atoms with Crippen LogP contribution in [0.5, 0.6) is 0 Å². The summed E-state index contributed by atoms with van der Waals surface area (Å²) in [5, 5.41) is 8.97. The molecule has 5 rings (SSSR count). The summed E-state index contributed by atoms with van der Waals surface area (Å²) in [6.07, 6.45) is 4.70. The van der Waals surface area contributed by atoms with Crippen LogP contribution in [0.15, 0.2) is 121 Å². The molecular weight excluding hydrogens is 465 g/mol. The maximum absolute atomic E-state index is 15.0. The molecule has 0 bridgehead atoms. The number of hydrogen-bond donors (Lipinski definition) is 0. The molecule has 5 aromatic rings. The molecule has 0 aliphatic heterocycles. The highest BCUT2D eigenvalue weighted by Gasteiger charge is 2.08. The molecule has 0 radical (unpaired) electrons. The first kappa shape index (κ1) is 24.9. The number of benzene rings is 5. The van der Waals surface area contributed by atoms with Gasteiger partial charge in [0.2, 0.25) is 0 Å². The van der Waals surface area contributed by atoms with Gasteiger partial charge in [-0.1, -0.05) is 122 Å². The third kappa shape index (κ3) is 5.97. The maximum Gasteiger partial charge on any atom is 0.131 e. The summed E-state index contributed by atoms with van der Waals surface area (Å²) in [7, 11) is 0. The summed E-state index contributed by atoms with van der Waals surface area (Å²) in [5.74, 6) is 0.201. The van der Waals surface area contributed by atoms with Crippen LogP contribution in [0.1, 0.15) is 40.7 Å². The van der Waals surface area contributed by atoms with E-state index in [1.807, 2.05) is 78.9 Å². The van der Waals surface area contributed by atoms with Gasteiger partial charge in [-0.2, -0.15) is 5.26 Å². The second-order valence-electron chi connectivity index (χ2n) is 9.59. The highest BCUT2D eigenvalue weighted by molar-refractivity contribution is 5.74. The Kier molecular flexibility index (Phi) is 7.57. The highest BCUT2D eigenvalue weighted by atomic mass is 19.1. The highest BCUT2D eigenvalue weighted by Crippen LogP contribution is 2.26. The Morgan fingerprint density at radius 2 is 1.26 bits per heavy atom. The molecule has 184 valence electrons. The molecule has 0 spiro atoms. The van der Waals surface area contributed by atoms with Crippen molar-refractivity contribution in [2.45, 2.75) is 19.3 Å². The molecule has 0 aliphatic rings. The topological polar surface area (TPSA) is 23.8 Å². The molecule has 0 unspecified atom stereocenters. The number of halogens is 1. The van der Waals surface area contributed by atoms with Crippen LogP contribution in [0, 0.1) is 17.1 Å². The van der Waals surface area contributed by atoms with Gasteiger partial charge in [-0.25, -0.2) is 4.39 Å². The van der Waals surface area contributed by atoms with Crippen LogP contribution < -0.4 is 0 Å². The molecule has 0 amide bonds. The average molecular weight is 494 g/mol. The molecule has 0 N–H and O–H groups in total. The van der Waals surface area contributed by atoms with Gasteiger partial charge < -0.3 is 0 Å². The number of nitriles is 1. The number of rotatable bonds is 7. The van der Waals surface area contributed by atoms with Gasteiger partial charge in [-0.3, -0.25) is 0 Å². The van der Waals surface area contributed by atoms with E-state index < -0.39 is 0 Å². The van der Waals surface area contributed by atoms with Gasteiger partial charge in [0.1, 0.15) is 5.82 Å².